The van der Waals surface area contributed by atoms with Gasteiger partial charge in [0.25, 0.3) is 0 Å². The van der Waals surface area contributed by atoms with Crippen LogP contribution in [0.4, 0.5) is 4.39 Å². The quantitative estimate of drug-likeness (QED) is 0.882. The highest BCUT2D eigenvalue weighted by molar-refractivity contribution is 7.89. The normalized spacial score (nSPS) is 11.5. The molecule has 124 valence electrons. The van der Waals surface area contributed by atoms with Gasteiger partial charge in [0.1, 0.15) is 11.6 Å². The summed E-state index contributed by atoms with van der Waals surface area (Å²) in [5, 5.41) is 0. The first-order chi connectivity index (χ1) is 10.8. The lowest BCUT2D eigenvalue weighted by molar-refractivity contribution is 0.408. The summed E-state index contributed by atoms with van der Waals surface area (Å²) in [6.07, 6.45) is 0.494. The van der Waals surface area contributed by atoms with Crippen LogP contribution in [0.3, 0.4) is 0 Å². The van der Waals surface area contributed by atoms with E-state index < -0.39 is 10.0 Å². The minimum absolute atomic E-state index is 0.215. The number of nitrogens with one attached hydrogen (secondary N) is 1. The summed E-state index contributed by atoms with van der Waals surface area (Å²) >= 11 is 0. The fourth-order valence-corrected chi connectivity index (χ4v) is 3.65. The molecule has 0 saturated heterocycles. The van der Waals surface area contributed by atoms with Crippen LogP contribution in [-0.4, -0.2) is 22.1 Å². The number of halogens is 1. The summed E-state index contributed by atoms with van der Waals surface area (Å²) < 4.78 is 45.4. The van der Waals surface area contributed by atoms with E-state index in [0.29, 0.717) is 12.2 Å². The van der Waals surface area contributed by atoms with Gasteiger partial charge in [0.05, 0.1) is 12.0 Å². The minimum atomic E-state index is -3.59. The molecule has 4 nitrogen and oxygen atoms in total. The van der Waals surface area contributed by atoms with Gasteiger partial charge in [-0.2, -0.15) is 0 Å². The van der Waals surface area contributed by atoms with E-state index in [9.17, 15) is 12.8 Å². The second kappa shape index (κ2) is 7.10. The van der Waals surface area contributed by atoms with Crippen LogP contribution in [-0.2, 0) is 16.4 Å². The first kappa shape index (κ1) is 17.4. The maximum absolute atomic E-state index is 12.8. The van der Waals surface area contributed by atoms with E-state index in [1.807, 2.05) is 13.8 Å². The lowest BCUT2D eigenvalue weighted by Gasteiger charge is -2.12. The zero-order valence-corrected chi connectivity index (χ0v) is 14.2. The third kappa shape index (κ3) is 4.30. The predicted octanol–water partition coefficient (Wildman–Crippen LogP) is 2.97. The second-order valence-electron chi connectivity index (χ2n) is 5.36. The Kier molecular flexibility index (Phi) is 5.38. The second-order valence-corrected chi connectivity index (χ2v) is 7.13. The molecule has 2 aromatic rings. The van der Waals surface area contributed by atoms with Gasteiger partial charge in [-0.05, 0) is 61.2 Å². The molecule has 2 aromatic carbocycles. The van der Waals surface area contributed by atoms with E-state index in [2.05, 4.69) is 4.72 Å². The Labute approximate surface area is 136 Å². The monoisotopic (exact) mass is 337 g/mol. The van der Waals surface area contributed by atoms with E-state index in [-0.39, 0.29) is 17.3 Å². The number of methoxy groups -OCH3 is 1. The molecule has 0 fully saturated rings. The summed E-state index contributed by atoms with van der Waals surface area (Å²) in [5.74, 6) is 0.383. The Morgan fingerprint density at radius 2 is 1.65 bits per heavy atom. The molecular formula is C17H20FNO3S. The van der Waals surface area contributed by atoms with Gasteiger partial charge in [-0.25, -0.2) is 17.5 Å². The Morgan fingerprint density at radius 3 is 2.17 bits per heavy atom. The first-order valence-electron chi connectivity index (χ1n) is 7.23. The summed E-state index contributed by atoms with van der Waals surface area (Å²) in [7, 11) is -2.03. The summed E-state index contributed by atoms with van der Waals surface area (Å²) in [4.78, 5) is 0.215. The van der Waals surface area contributed by atoms with Crippen molar-refractivity contribution in [1.29, 1.82) is 0 Å². The highest BCUT2D eigenvalue weighted by Crippen LogP contribution is 2.26. The van der Waals surface area contributed by atoms with Gasteiger partial charge >= 0.3 is 0 Å². The van der Waals surface area contributed by atoms with Gasteiger partial charge in [0.2, 0.25) is 10.0 Å². The maximum Gasteiger partial charge on any atom is 0.240 e. The molecule has 0 saturated carbocycles. The highest BCUT2D eigenvalue weighted by Gasteiger charge is 2.16. The van der Waals surface area contributed by atoms with E-state index in [4.69, 9.17) is 4.74 Å². The molecule has 6 heteroatoms. The van der Waals surface area contributed by atoms with Gasteiger partial charge in [-0.15, -0.1) is 0 Å². The van der Waals surface area contributed by atoms with Crippen LogP contribution in [0.1, 0.15) is 16.7 Å². The Hall–Kier alpha value is -1.92. The number of aryl methyl sites for hydroxylation is 2. The van der Waals surface area contributed by atoms with Gasteiger partial charge in [0, 0.05) is 6.54 Å². The van der Waals surface area contributed by atoms with Crippen LogP contribution in [0.25, 0.3) is 0 Å². The molecule has 0 aliphatic carbocycles. The number of rotatable bonds is 6. The average molecular weight is 337 g/mol. The number of hydrogen-bond donors (Lipinski definition) is 1. The summed E-state index contributed by atoms with van der Waals surface area (Å²) in [6, 6.07) is 9.19. The van der Waals surface area contributed by atoms with Gasteiger partial charge < -0.3 is 4.74 Å². The molecule has 23 heavy (non-hydrogen) atoms. The van der Waals surface area contributed by atoms with Gasteiger partial charge in [-0.1, -0.05) is 12.1 Å². The number of hydrogen-bond acceptors (Lipinski definition) is 3. The summed E-state index contributed by atoms with van der Waals surface area (Å²) in [5.41, 5.74) is 2.41. The van der Waals surface area contributed by atoms with E-state index in [1.54, 1.807) is 31.4 Å². The molecule has 0 atom stereocenters. The van der Waals surface area contributed by atoms with E-state index >= 15 is 0 Å². The number of benzene rings is 2. The zero-order chi connectivity index (χ0) is 17.0. The van der Waals surface area contributed by atoms with Crippen LogP contribution < -0.4 is 9.46 Å². The SMILES string of the molecule is COc1c(C)cc(S(=O)(=O)NCCc2ccc(F)cc2)cc1C. The number of ether oxygens (including phenoxy) is 1. The molecule has 0 aliphatic rings. The molecule has 0 heterocycles. The molecule has 0 aliphatic heterocycles. The topological polar surface area (TPSA) is 55.4 Å². The minimum Gasteiger partial charge on any atom is -0.496 e. The van der Waals surface area contributed by atoms with Crippen molar-refractivity contribution in [2.24, 2.45) is 0 Å². The standard InChI is InChI=1S/C17H20FNO3S/c1-12-10-16(11-13(2)17(12)22-3)23(20,21)19-9-8-14-4-6-15(18)7-5-14/h4-7,10-11,19H,8-9H2,1-3H3. The van der Waals surface area contributed by atoms with E-state index in [0.717, 1.165) is 16.7 Å². The van der Waals surface area contributed by atoms with Crippen molar-refractivity contribution in [3.8, 4) is 5.75 Å². The zero-order valence-electron chi connectivity index (χ0n) is 13.4. The lowest BCUT2D eigenvalue weighted by Crippen LogP contribution is -2.26. The van der Waals surface area contributed by atoms with Gasteiger partial charge in [-0.3, -0.25) is 0 Å². The predicted molar refractivity (Wildman–Crippen MR) is 87.8 cm³/mol. The van der Waals surface area contributed by atoms with Crippen molar-refractivity contribution in [3.63, 3.8) is 0 Å². The first-order valence-corrected chi connectivity index (χ1v) is 8.71. The van der Waals surface area contributed by atoms with Crippen LogP contribution in [0, 0.1) is 19.7 Å². The smallest absolute Gasteiger partial charge is 0.240 e. The molecule has 0 spiro atoms. The van der Waals surface area contributed by atoms with Crippen molar-refractivity contribution in [1.82, 2.24) is 4.72 Å². The van der Waals surface area contributed by atoms with Crippen molar-refractivity contribution < 1.29 is 17.5 Å². The fraction of sp³-hybridized carbons (Fsp3) is 0.294. The Morgan fingerprint density at radius 1 is 1.09 bits per heavy atom. The van der Waals surface area contributed by atoms with Crippen LogP contribution in [0.15, 0.2) is 41.3 Å². The summed E-state index contributed by atoms with van der Waals surface area (Å²) in [6.45, 7) is 3.87. The van der Waals surface area contributed by atoms with Crippen molar-refractivity contribution in [2.75, 3.05) is 13.7 Å². The van der Waals surface area contributed by atoms with E-state index in [1.165, 1.54) is 12.1 Å². The highest BCUT2D eigenvalue weighted by atomic mass is 32.2. The molecule has 0 amide bonds. The van der Waals surface area contributed by atoms with Crippen LogP contribution in [0.2, 0.25) is 0 Å². The average Bonchev–Trinajstić information content (AvgIpc) is 2.49. The molecule has 0 bridgehead atoms. The molecule has 0 unspecified atom stereocenters. The Bertz CT molecular complexity index is 763. The largest absolute Gasteiger partial charge is 0.496 e. The molecular weight excluding hydrogens is 317 g/mol. The fourth-order valence-electron chi connectivity index (χ4n) is 2.45. The third-order valence-electron chi connectivity index (χ3n) is 3.57. The van der Waals surface area contributed by atoms with Crippen LogP contribution in [0.5, 0.6) is 5.75 Å². The molecule has 1 N–H and O–H groups in total. The van der Waals surface area contributed by atoms with Gasteiger partial charge in [0.15, 0.2) is 0 Å². The maximum atomic E-state index is 12.8. The molecule has 0 aromatic heterocycles. The molecule has 0 radical (unpaired) electrons. The Balaban J connectivity index is 2.08. The van der Waals surface area contributed by atoms with Crippen molar-refractivity contribution >= 4 is 10.0 Å². The third-order valence-corrected chi connectivity index (χ3v) is 5.01. The van der Waals surface area contributed by atoms with Crippen molar-refractivity contribution in [2.45, 2.75) is 25.2 Å². The van der Waals surface area contributed by atoms with Crippen molar-refractivity contribution in [3.05, 3.63) is 58.9 Å². The lowest BCUT2D eigenvalue weighted by atomic mass is 10.1. The molecule has 2 rings (SSSR count). The number of sulfonamides is 1. The van der Waals surface area contributed by atoms with Crippen LogP contribution >= 0.6 is 0 Å².